The average molecular weight is 287 g/mol. The summed E-state index contributed by atoms with van der Waals surface area (Å²) in [6.45, 7) is 4.45. The van der Waals surface area contributed by atoms with Crippen molar-refractivity contribution in [1.29, 1.82) is 0 Å². The van der Waals surface area contributed by atoms with Crippen LogP contribution in [0.1, 0.15) is 27.4 Å². The van der Waals surface area contributed by atoms with Crippen LogP contribution in [0.2, 0.25) is 0 Å². The molecule has 2 heterocycles. The number of aryl methyl sites for hydroxylation is 2. The lowest BCUT2D eigenvalue weighted by molar-refractivity contribution is 0.0952. The van der Waals surface area contributed by atoms with Crippen LogP contribution in [0.25, 0.3) is 0 Å². The molecule has 5 nitrogen and oxygen atoms in total. The summed E-state index contributed by atoms with van der Waals surface area (Å²) in [7, 11) is 0. The minimum atomic E-state index is -0.106. The van der Waals surface area contributed by atoms with Crippen LogP contribution in [-0.4, -0.2) is 19.2 Å². The minimum absolute atomic E-state index is 0.106. The van der Waals surface area contributed by atoms with Crippen molar-refractivity contribution in [2.24, 2.45) is 0 Å². The third kappa shape index (κ3) is 2.86. The second-order valence-electron chi connectivity index (χ2n) is 5.02. The van der Waals surface area contributed by atoms with Crippen LogP contribution >= 0.6 is 0 Å². The highest BCUT2D eigenvalue weighted by molar-refractivity contribution is 5.95. The first-order chi connectivity index (χ1) is 10.1. The molecule has 1 aliphatic rings. The Labute approximate surface area is 122 Å². The maximum absolute atomic E-state index is 12.0. The van der Waals surface area contributed by atoms with E-state index in [4.69, 9.17) is 13.9 Å². The van der Waals surface area contributed by atoms with Gasteiger partial charge in [-0.3, -0.25) is 4.79 Å². The van der Waals surface area contributed by atoms with Crippen molar-refractivity contribution in [1.82, 2.24) is 5.32 Å². The van der Waals surface area contributed by atoms with Crippen LogP contribution in [0.4, 0.5) is 0 Å². The van der Waals surface area contributed by atoms with E-state index in [1.807, 2.05) is 25.1 Å². The molecule has 0 radical (unpaired) electrons. The Morgan fingerprint density at radius 2 is 2.00 bits per heavy atom. The second kappa shape index (κ2) is 5.52. The van der Waals surface area contributed by atoms with Crippen molar-refractivity contribution in [3.05, 3.63) is 46.9 Å². The molecular formula is C16H17NO4. The topological polar surface area (TPSA) is 60.7 Å². The number of benzene rings is 1. The lowest BCUT2D eigenvalue weighted by Gasteiger charge is -2.05. The highest BCUT2D eigenvalue weighted by Gasteiger charge is 2.14. The first kappa shape index (κ1) is 13.5. The fourth-order valence-corrected chi connectivity index (χ4v) is 2.37. The maximum atomic E-state index is 12.0. The number of amides is 1. The van der Waals surface area contributed by atoms with Gasteiger partial charge >= 0.3 is 0 Å². The number of nitrogens with one attached hydrogen (secondary N) is 1. The van der Waals surface area contributed by atoms with Crippen molar-refractivity contribution >= 4 is 5.91 Å². The van der Waals surface area contributed by atoms with E-state index in [1.54, 1.807) is 13.0 Å². The molecule has 1 aliphatic heterocycles. The molecule has 0 saturated carbocycles. The SMILES string of the molecule is Cc1cc(C(=O)NCCc2ccc3c(c2)OCO3)c(C)o1. The molecule has 0 spiro atoms. The molecule has 3 rings (SSSR count). The highest BCUT2D eigenvalue weighted by atomic mass is 16.7. The summed E-state index contributed by atoms with van der Waals surface area (Å²) in [5.74, 6) is 2.82. The van der Waals surface area contributed by atoms with Gasteiger partial charge in [0.05, 0.1) is 5.56 Å². The van der Waals surface area contributed by atoms with Gasteiger partial charge in [0.25, 0.3) is 5.91 Å². The van der Waals surface area contributed by atoms with Crippen molar-refractivity contribution in [3.8, 4) is 11.5 Å². The first-order valence-electron chi connectivity index (χ1n) is 6.87. The zero-order valence-corrected chi connectivity index (χ0v) is 12.1. The number of fused-ring (bicyclic) bond motifs is 1. The summed E-state index contributed by atoms with van der Waals surface area (Å²) in [5.41, 5.74) is 1.69. The van der Waals surface area contributed by atoms with E-state index in [0.717, 1.165) is 29.2 Å². The average Bonchev–Trinajstić information content (AvgIpc) is 3.04. The normalized spacial score (nSPS) is 12.5. The Kier molecular flexibility index (Phi) is 3.56. The summed E-state index contributed by atoms with van der Waals surface area (Å²) in [5, 5.41) is 2.90. The summed E-state index contributed by atoms with van der Waals surface area (Å²) in [6.07, 6.45) is 0.734. The predicted octanol–water partition coefficient (Wildman–Crippen LogP) is 2.60. The maximum Gasteiger partial charge on any atom is 0.254 e. The van der Waals surface area contributed by atoms with Gasteiger partial charge in [-0.05, 0) is 44.0 Å². The predicted molar refractivity (Wildman–Crippen MR) is 76.8 cm³/mol. The van der Waals surface area contributed by atoms with E-state index >= 15 is 0 Å². The van der Waals surface area contributed by atoms with Gasteiger partial charge in [0.2, 0.25) is 6.79 Å². The molecule has 1 aromatic heterocycles. The Balaban J connectivity index is 1.56. The molecule has 1 aromatic carbocycles. The fraction of sp³-hybridized carbons (Fsp3) is 0.312. The number of hydrogen-bond acceptors (Lipinski definition) is 4. The number of furan rings is 1. The van der Waals surface area contributed by atoms with Gasteiger partial charge < -0.3 is 19.2 Å². The van der Waals surface area contributed by atoms with E-state index in [9.17, 15) is 4.79 Å². The van der Waals surface area contributed by atoms with Crippen molar-refractivity contribution in [2.75, 3.05) is 13.3 Å². The Morgan fingerprint density at radius 1 is 1.19 bits per heavy atom. The van der Waals surface area contributed by atoms with E-state index in [0.29, 0.717) is 17.9 Å². The molecule has 1 amide bonds. The molecule has 21 heavy (non-hydrogen) atoms. The summed E-state index contributed by atoms with van der Waals surface area (Å²) in [6, 6.07) is 7.57. The Morgan fingerprint density at radius 3 is 2.76 bits per heavy atom. The molecule has 0 saturated heterocycles. The number of ether oxygens (including phenoxy) is 2. The second-order valence-corrected chi connectivity index (χ2v) is 5.02. The van der Waals surface area contributed by atoms with Crippen molar-refractivity contribution in [3.63, 3.8) is 0 Å². The monoisotopic (exact) mass is 287 g/mol. The molecule has 5 heteroatoms. The zero-order valence-electron chi connectivity index (χ0n) is 12.1. The fourth-order valence-electron chi connectivity index (χ4n) is 2.37. The number of carbonyl (C=O) groups is 1. The molecule has 0 atom stereocenters. The van der Waals surface area contributed by atoms with Gasteiger partial charge in [0.1, 0.15) is 11.5 Å². The third-order valence-corrected chi connectivity index (χ3v) is 3.42. The van der Waals surface area contributed by atoms with Crippen LogP contribution in [-0.2, 0) is 6.42 Å². The van der Waals surface area contributed by atoms with Gasteiger partial charge in [-0.15, -0.1) is 0 Å². The molecule has 2 aromatic rings. The summed E-state index contributed by atoms with van der Waals surface area (Å²) < 4.78 is 16.0. The number of carbonyl (C=O) groups excluding carboxylic acids is 1. The zero-order chi connectivity index (χ0) is 14.8. The first-order valence-corrected chi connectivity index (χ1v) is 6.87. The molecule has 0 unspecified atom stereocenters. The molecule has 0 fully saturated rings. The van der Waals surface area contributed by atoms with Gasteiger partial charge in [0, 0.05) is 6.54 Å². The van der Waals surface area contributed by atoms with Gasteiger partial charge in [-0.25, -0.2) is 0 Å². The van der Waals surface area contributed by atoms with Crippen LogP contribution in [0.3, 0.4) is 0 Å². The Hall–Kier alpha value is -2.43. The summed E-state index contributed by atoms with van der Waals surface area (Å²) >= 11 is 0. The van der Waals surface area contributed by atoms with Crippen molar-refractivity contribution < 1.29 is 18.7 Å². The van der Waals surface area contributed by atoms with Crippen LogP contribution < -0.4 is 14.8 Å². The molecule has 110 valence electrons. The number of rotatable bonds is 4. The molecular weight excluding hydrogens is 270 g/mol. The lowest BCUT2D eigenvalue weighted by atomic mass is 10.1. The standard InChI is InChI=1S/C16H17NO4/c1-10-7-13(11(2)21-10)16(18)17-6-5-12-3-4-14-15(8-12)20-9-19-14/h3-4,7-8H,5-6,9H2,1-2H3,(H,17,18). The highest BCUT2D eigenvalue weighted by Crippen LogP contribution is 2.32. The largest absolute Gasteiger partial charge is 0.466 e. The van der Waals surface area contributed by atoms with Crippen molar-refractivity contribution in [2.45, 2.75) is 20.3 Å². The van der Waals surface area contributed by atoms with E-state index < -0.39 is 0 Å². The quantitative estimate of drug-likeness (QED) is 0.939. The van der Waals surface area contributed by atoms with E-state index in [1.165, 1.54) is 0 Å². The van der Waals surface area contributed by atoms with Crippen LogP contribution in [0.5, 0.6) is 11.5 Å². The molecule has 1 N–H and O–H groups in total. The van der Waals surface area contributed by atoms with E-state index in [-0.39, 0.29) is 12.7 Å². The van der Waals surface area contributed by atoms with E-state index in [2.05, 4.69) is 5.32 Å². The molecule has 0 aliphatic carbocycles. The van der Waals surface area contributed by atoms with Gasteiger partial charge in [-0.1, -0.05) is 6.07 Å². The van der Waals surface area contributed by atoms with Gasteiger partial charge in [-0.2, -0.15) is 0 Å². The third-order valence-electron chi connectivity index (χ3n) is 3.42. The lowest BCUT2D eigenvalue weighted by Crippen LogP contribution is -2.25. The minimum Gasteiger partial charge on any atom is -0.466 e. The smallest absolute Gasteiger partial charge is 0.254 e. The summed E-state index contributed by atoms with van der Waals surface area (Å²) in [4.78, 5) is 12.0. The number of hydrogen-bond donors (Lipinski definition) is 1. The van der Waals surface area contributed by atoms with Crippen LogP contribution in [0, 0.1) is 13.8 Å². The Bertz CT molecular complexity index is 675. The molecule has 0 bridgehead atoms. The van der Waals surface area contributed by atoms with Crippen LogP contribution in [0.15, 0.2) is 28.7 Å². The van der Waals surface area contributed by atoms with Gasteiger partial charge in [0.15, 0.2) is 11.5 Å².